The number of pyridine rings is 1. The fraction of sp³-hybridized carbons (Fsp3) is 0.118. The number of aromatic nitrogens is 2. The molecule has 94 valence electrons. The van der Waals surface area contributed by atoms with E-state index in [1.54, 1.807) is 0 Å². The summed E-state index contributed by atoms with van der Waals surface area (Å²) >= 11 is 0. The van der Waals surface area contributed by atoms with Crippen molar-refractivity contribution in [2.75, 3.05) is 0 Å². The van der Waals surface area contributed by atoms with E-state index in [0.717, 1.165) is 11.5 Å². The first-order chi connectivity index (χ1) is 9.22. The maximum Gasteiger partial charge on any atom is 0.286 e. The number of hydrogen-bond donors (Lipinski definition) is 0. The van der Waals surface area contributed by atoms with Crippen LogP contribution in [0.15, 0.2) is 55.2 Å². The minimum atomic E-state index is 1.12. The molecule has 2 heteroatoms. The molecule has 0 radical (unpaired) electrons. The zero-order chi connectivity index (χ0) is 13.4. The summed E-state index contributed by atoms with van der Waals surface area (Å²) in [6.07, 6.45) is 3.97. The van der Waals surface area contributed by atoms with Gasteiger partial charge >= 0.3 is 0 Å². The van der Waals surface area contributed by atoms with Crippen LogP contribution < -0.4 is 4.57 Å². The lowest BCUT2D eigenvalue weighted by Crippen LogP contribution is -2.33. The number of nitrogens with zero attached hydrogens (tertiary/aromatic N) is 2. The average Bonchev–Trinajstić information content (AvgIpc) is 2.79. The van der Waals surface area contributed by atoms with Crippen LogP contribution in [-0.2, 0) is 7.05 Å². The first-order valence-corrected chi connectivity index (χ1v) is 6.41. The molecule has 0 amide bonds. The molecular weight excluding hydrogens is 232 g/mol. The van der Waals surface area contributed by atoms with E-state index in [1.807, 2.05) is 12.1 Å². The summed E-state index contributed by atoms with van der Waals surface area (Å²) in [6.45, 7) is 6.09. The van der Waals surface area contributed by atoms with Gasteiger partial charge in [0.2, 0.25) is 0 Å². The quantitative estimate of drug-likeness (QED) is 0.615. The van der Waals surface area contributed by atoms with Gasteiger partial charge < -0.3 is 0 Å². The largest absolute Gasteiger partial charge is 0.286 e. The molecule has 1 aromatic carbocycles. The first-order valence-electron chi connectivity index (χ1n) is 6.41. The fourth-order valence-corrected chi connectivity index (χ4v) is 2.60. The third kappa shape index (κ3) is 1.76. The van der Waals surface area contributed by atoms with Crippen molar-refractivity contribution in [3.63, 3.8) is 0 Å². The van der Waals surface area contributed by atoms with Crippen molar-refractivity contribution in [2.24, 2.45) is 7.05 Å². The number of aryl methyl sites for hydroxylation is 2. The van der Waals surface area contributed by atoms with E-state index in [2.05, 4.69) is 72.3 Å². The lowest BCUT2D eigenvalue weighted by atomic mass is 10.2. The van der Waals surface area contributed by atoms with Gasteiger partial charge in [0.25, 0.3) is 5.82 Å². The summed E-state index contributed by atoms with van der Waals surface area (Å²) in [6, 6.07) is 14.8. The Kier molecular flexibility index (Phi) is 2.71. The van der Waals surface area contributed by atoms with E-state index >= 15 is 0 Å². The molecule has 0 saturated heterocycles. The van der Waals surface area contributed by atoms with Gasteiger partial charge in [0.05, 0.1) is 13.2 Å². The molecule has 0 bridgehead atoms. The zero-order valence-electron chi connectivity index (χ0n) is 11.3. The maximum atomic E-state index is 3.94. The molecular formula is C17H17N2+. The standard InChI is InChI=1S/C17H17N2/c1-4-15-12-14-9-7-8-13(2)17(14)19(15)16-10-5-6-11-18(16)3/h4-12H,1H2,2-3H3/q+1. The predicted octanol–water partition coefficient (Wildman–Crippen LogP) is 3.41. The van der Waals surface area contributed by atoms with Crippen LogP contribution >= 0.6 is 0 Å². The molecule has 0 spiro atoms. The van der Waals surface area contributed by atoms with Gasteiger partial charge in [-0.05, 0) is 30.7 Å². The van der Waals surface area contributed by atoms with Crippen LogP contribution in [-0.4, -0.2) is 4.57 Å². The summed E-state index contributed by atoms with van der Waals surface area (Å²) in [4.78, 5) is 0. The monoisotopic (exact) mass is 249 g/mol. The highest BCUT2D eigenvalue weighted by Crippen LogP contribution is 2.26. The molecule has 0 fully saturated rings. The van der Waals surface area contributed by atoms with Crippen molar-refractivity contribution < 1.29 is 4.57 Å². The number of benzene rings is 1. The van der Waals surface area contributed by atoms with Gasteiger partial charge in [0.15, 0.2) is 0 Å². The van der Waals surface area contributed by atoms with E-state index in [9.17, 15) is 0 Å². The van der Waals surface area contributed by atoms with Gasteiger partial charge in [0.1, 0.15) is 11.2 Å². The lowest BCUT2D eigenvalue weighted by molar-refractivity contribution is -0.665. The normalized spacial score (nSPS) is 10.8. The van der Waals surface area contributed by atoms with E-state index in [0.29, 0.717) is 0 Å². The Bertz CT molecular complexity index is 766. The first kappa shape index (κ1) is 11.7. The van der Waals surface area contributed by atoms with Crippen molar-refractivity contribution in [3.8, 4) is 5.82 Å². The summed E-state index contributed by atoms with van der Waals surface area (Å²) in [5.41, 5.74) is 3.64. The fourth-order valence-electron chi connectivity index (χ4n) is 2.60. The second-order valence-electron chi connectivity index (χ2n) is 4.79. The van der Waals surface area contributed by atoms with Gasteiger partial charge in [-0.1, -0.05) is 30.8 Å². The number of fused-ring (bicyclic) bond motifs is 1. The molecule has 2 aromatic heterocycles. The highest BCUT2D eigenvalue weighted by molar-refractivity contribution is 5.87. The van der Waals surface area contributed by atoms with E-state index < -0.39 is 0 Å². The van der Waals surface area contributed by atoms with Crippen LogP contribution in [0.5, 0.6) is 0 Å². The number of rotatable bonds is 2. The Hall–Kier alpha value is -2.35. The van der Waals surface area contributed by atoms with Crippen LogP contribution in [0.2, 0.25) is 0 Å². The van der Waals surface area contributed by atoms with E-state index in [1.165, 1.54) is 16.5 Å². The topological polar surface area (TPSA) is 8.81 Å². The molecule has 3 rings (SSSR count). The Morgan fingerprint density at radius 3 is 2.74 bits per heavy atom. The van der Waals surface area contributed by atoms with Crippen molar-refractivity contribution in [1.29, 1.82) is 0 Å². The lowest BCUT2D eigenvalue weighted by Gasteiger charge is -2.05. The molecule has 3 aromatic rings. The predicted molar refractivity (Wildman–Crippen MR) is 79.3 cm³/mol. The van der Waals surface area contributed by atoms with Gasteiger partial charge in [-0.25, -0.2) is 4.57 Å². The van der Waals surface area contributed by atoms with Crippen LogP contribution in [0, 0.1) is 6.92 Å². The summed E-state index contributed by atoms with van der Waals surface area (Å²) < 4.78 is 4.39. The van der Waals surface area contributed by atoms with Gasteiger partial charge in [-0.3, -0.25) is 0 Å². The second-order valence-corrected chi connectivity index (χ2v) is 4.79. The van der Waals surface area contributed by atoms with Crippen molar-refractivity contribution in [3.05, 3.63) is 66.5 Å². The second kappa shape index (κ2) is 4.39. The van der Waals surface area contributed by atoms with Crippen molar-refractivity contribution >= 4 is 17.0 Å². The summed E-state index contributed by atoms with van der Waals surface area (Å²) in [5.74, 6) is 1.14. The van der Waals surface area contributed by atoms with Crippen LogP contribution in [0.4, 0.5) is 0 Å². The molecule has 0 saturated carbocycles. The highest BCUT2D eigenvalue weighted by Gasteiger charge is 2.19. The Labute approximate surface area is 113 Å². The Morgan fingerprint density at radius 1 is 1.16 bits per heavy atom. The number of hydrogen-bond acceptors (Lipinski definition) is 0. The smallest absolute Gasteiger partial charge is 0.237 e. The molecule has 19 heavy (non-hydrogen) atoms. The maximum absolute atomic E-state index is 3.94. The van der Waals surface area contributed by atoms with Crippen LogP contribution in [0.3, 0.4) is 0 Å². The molecule has 0 aliphatic carbocycles. The van der Waals surface area contributed by atoms with E-state index in [-0.39, 0.29) is 0 Å². The molecule has 2 heterocycles. The SMILES string of the molecule is C=Cc1cc2cccc(C)c2n1-c1cccc[n+]1C. The molecule has 0 unspecified atom stereocenters. The minimum absolute atomic E-state index is 1.12. The van der Waals surface area contributed by atoms with Crippen LogP contribution in [0.1, 0.15) is 11.3 Å². The summed E-state index contributed by atoms with van der Waals surface area (Å²) in [5, 5.41) is 1.25. The molecule has 0 aliphatic heterocycles. The van der Waals surface area contributed by atoms with E-state index in [4.69, 9.17) is 0 Å². The van der Waals surface area contributed by atoms with Crippen molar-refractivity contribution in [2.45, 2.75) is 6.92 Å². The van der Waals surface area contributed by atoms with Gasteiger partial charge in [-0.2, -0.15) is 4.57 Å². The Balaban J connectivity index is 2.46. The summed E-state index contributed by atoms with van der Waals surface area (Å²) in [7, 11) is 2.06. The Morgan fingerprint density at radius 2 is 2.00 bits per heavy atom. The number of para-hydroxylation sites is 1. The molecule has 0 N–H and O–H groups in total. The third-order valence-corrected chi connectivity index (χ3v) is 3.52. The third-order valence-electron chi connectivity index (χ3n) is 3.52. The van der Waals surface area contributed by atoms with Gasteiger partial charge in [-0.15, -0.1) is 0 Å². The molecule has 2 nitrogen and oxygen atoms in total. The minimum Gasteiger partial charge on any atom is -0.237 e. The molecule has 0 aliphatic rings. The average molecular weight is 249 g/mol. The molecule has 0 atom stereocenters. The van der Waals surface area contributed by atoms with Crippen molar-refractivity contribution in [1.82, 2.24) is 4.57 Å². The highest BCUT2D eigenvalue weighted by atomic mass is 15.1. The van der Waals surface area contributed by atoms with Gasteiger partial charge in [0, 0.05) is 11.5 Å². The zero-order valence-corrected chi connectivity index (χ0v) is 11.3. The van der Waals surface area contributed by atoms with Crippen LogP contribution in [0.25, 0.3) is 22.8 Å².